The molecule has 5 amide bonds. The van der Waals surface area contributed by atoms with Gasteiger partial charge in [0.25, 0.3) is 10.0 Å². The van der Waals surface area contributed by atoms with E-state index in [2.05, 4.69) is 39.0 Å². The summed E-state index contributed by atoms with van der Waals surface area (Å²) in [6.07, 6.45) is 9.82. The monoisotopic (exact) mass is 1020 g/mol. The van der Waals surface area contributed by atoms with Gasteiger partial charge < -0.3 is 51.1 Å². The molecule has 3 aliphatic heterocycles. The van der Waals surface area contributed by atoms with Gasteiger partial charge in [-0.2, -0.15) is 0 Å². The first-order valence-electron chi connectivity index (χ1n) is 24.7. The van der Waals surface area contributed by atoms with Crippen molar-refractivity contribution in [3.63, 3.8) is 0 Å². The molecule has 3 heterocycles. The van der Waals surface area contributed by atoms with Gasteiger partial charge in [-0.1, -0.05) is 67.5 Å². The molecule has 20 heteroatoms. The number of amides is 5. The van der Waals surface area contributed by atoms with Crippen LogP contribution in [0.25, 0.3) is 0 Å². The molecule has 2 aromatic carbocycles. The Bertz CT molecular complexity index is 2400. The highest BCUT2D eigenvalue weighted by Crippen LogP contribution is 2.43. The van der Waals surface area contributed by atoms with Gasteiger partial charge >= 0.3 is 5.97 Å². The molecular formula is C52H72N6O13S. The summed E-state index contributed by atoms with van der Waals surface area (Å²) in [5.41, 5.74) is 7.26. The summed E-state index contributed by atoms with van der Waals surface area (Å²) in [4.78, 5) is 74.1. The second-order valence-electron chi connectivity index (χ2n) is 18.9. The van der Waals surface area contributed by atoms with Gasteiger partial charge in [-0.05, 0) is 101 Å². The van der Waals surface area contributed by atoms with Crippen LogP contribution in [-0.2, 0) is 70.7 Å². The normalized spacial score (nSPS) is 24.6. The molecule has 3 aliphatic rings. The maximum absolute atomic E-state index is 13.1. The molecule has 3 fully saturated rings. The number of carbonyl (C=O) groups excluding carboxylic acids is 6. The molecule has 0 unspecified atom stereocenters. The summed E-state index contributed by atoms with van der Waals surface area (Å²) in [5, 5.41) is 22.3. The Morgan fingerprint density at radius 3 is 2.36 bits per heavy atom. The number of allylic oxidation sites excluding steroid dienone is 2. The van der Waals surface area contributed by atoms with Gasteiger partial charge in [0.15, 0.2) is 0 Å². The molecule has 8 N–H and O–H groups in total. The zero-order chi connectivity index (χ0) is 52.4. The number of aryl methyl sites for hydroxylation is 1. The second-order valence-corrected chi connectivity index (χ2v) is 20.6. The number of unbranched alkanes of at least 4 members (excludes halogenated alkanes) is 2. The molecule has 1 spiro atoms. The topological polar surface area (TPSA) is 283 Å². The van der Waals surface area contributed by atoms with Crippen molar-refractivity contribution in [3.8, 4) is 0 Å². The number of hydrogen-bond donors (Lipinski definition) is 7. The summed E-state index contributed by atoms with van der Waals surface area (Å²) >= 11 is 0. The van der Waals surface area contributed by atoms with Crippen LogP contribution in [0.1, 0.15) is 104 Å². The molecule has 5 rings (SSSR count). The third kappa shape index (κ3) is 18.4. The molecule has 0 aliphatic carbocycles. The van der Waals surface area contributed by atoms with Crippen molar-refractivity contribution in [1.82, 2.24) is 20.7 Å². The van der Waals surface area contributed by atoms with Gasteiger partial charge in [0.2, 0.25) is 29.5 Å². The zero-order valence-corrected chi connectivity index (χ0v) is 42.7. The van der Waals surface area contributed by atoms with Crippen LogP contribution in [0.5, 0.6) is 0 Å². The third-order valence-electron chi connectivity index (χ3n) is 12.8. The van der Waals surface area contributed by atoms with E-state index in [9.17, 15) is 42.3 Å². The lowest BCUT2D eigenvalue weighted by atomic mass is 9.87. The average molecular weight is 1020 g/mol. The predicted octanol–water partition coefficient (Wildman–Crippen LogP) is 3.69. The van der Waals surface area contributed by atoms with E-state index < -0.39 is 57.8 Å². The minimum Gasteiger partial charge on any atom is -0.459 e. The van der Waals surface area contributed by atoms with Crippen molar-refractivity contribution in [2.45, 2.75) is 159 Å². The van der Waals surface area contributed by atoms with E-state index in [0.29, 0.717) is 55.6 Å². The number of benzene rings is 2. The first-order chi connectivity index (χ1) is 34.2. The van der Waals surface area contributed by atoms with Crippen LogP contribution < -0.4 is 31.7 Å². The van der Waals surface area contributed by atoms with Crippen LogP contribution in [0.2, 0.25) is 0 Å². The Labute approximate surface area is 422 Å². The Hall–Kier alpha value is -5.77. The van der Waals surface area contributed by atoms with Crippen LogP contribution in [-0.4, -0.2) is 117 Å². The van der Waals surface area contributed by atoms with Gasteiger partial charge in [-0.25, -0.2) is 13.1 Å². The number of sulfonamides is 1. The highest BCUT2D eigenvalue weighted by molar-refractivity contribution is 7.90. The number of ether oxygens (including phenoxy) is 4. The second kappa shape index (κ2) is 27.3. The van der Waals surface area contributed by atoms with E-state index in [0.717, 1.165) is 24.8 Å². The van der Waals surface area contributed by atoms with Crippen molar-refractivity contribution in [2.24, 2.45) is 11.7 Å². The lowest BCUT2D eigenvalue weighted by Gasteiger charge is -2.39. The molecule has 0 aromatic heterocycles. The molecule has 394 valence electrons. The lowest BCUT2D eigenvalue weighted by molar-refractivity contribution is -0.145. The lowest BCUT2D eigenvalue weighted by Crippen LogP contribution is -2.50. The first-order valence-corrected chi connectivity index (χ1v) is 26.1. The number of aliphatic hydroxyl groups excluding tert-OH is 1. The summed E-state index contributed by atoms with van der Waals surface area (Å²) in [6.45, 7) is 9.71. The van der Waals surface area contributed by atoms with Crippen LogP contribution in [0.3, 0.4) is 0 Å². The number of hydrogen-bond acceptors (Lipinski definition) is 14. The largest absolute Gasteiger partial charge is 0.459 e. The number of carbonyl (C=O) groups is 6. The quantitative estimate of drug-likeness (QED) is 0.0246. The van der Waals surface area contributed by atoms with E-state index in [4.69, 9.17) is 24.7 Å². The van der Waals surface area contributed by atoms with E-state index in [-0.39, 0.29) is 79.1 Å². The van der Waals surface area contributed by atoms with Crippen molar-refractivity contribution >= 4 is 51.2 Å². The van der Waals surface area contributed by atoms with E-state index >= 15 is 0 Å². The Morgan fingerprint density at radius 1 is 0.917 bits per heavy atom. The summed E-state index contributed by atoms with van der Waals surface area (Å²) in [7, 11) is -4.22. The van der Waals surface area contributed by atoms with Crippen molar-refractivity contribution in [1.29, 1.82) is 0 Å². The van der Waals surface area contributed by atoms with E-state index in [1.165, 1.54) is 43.3 Å². The smallest absolute Gasteiger partial charge is 0.303 e. The SMILES string of the molecule is CC(=O)O[C@@H](C)/C=C\C(=O)N[C@@H]1C[C@H](C)[C@H](C/C=C(C)/C=C/[C@H]2O[C@H](CC(=O)NCc3ccc(S(=O)(=O)NC(=O)CCc4ccccc4NC(=O)CNC(=O)CCCCCN)cc3)C[C@@]3(CO3)[C@@H]2O)O[C@@H]1C. The average Bonchev–Trinajstić information content (AvgIpc) is 4.11. The number of aliphatic hydroxyl groups is 1. The molecule has 72 heavy (non-hydrogen) atoms. The first kappa shape index (κ1) is 57.1. The highest BCUT2D eigenvalue weighted by Gasteiger charge is 2.58. The molecule has 19 nitrogen and oxygen atoms in total. The van der Waals surface area contributed by atoms with E-state index in [1.807, 2.05) is 19.9 Å². The standard InChI is InChI=1S/C52H72N6O13S/c1-33(14-22-44-34(2)27-43(36(4)70-44)57-47(61)24-16-35(3)69-37(5)59)15-23-45-51(65)52(32-68-52)29-40(71-45)28-49(63)54-30-38-17-20-41(21-18-38)72(66,67)58-48(62)25-19-39-11-8-9-12-42(39)56-50(64)31-55-46(60)13-7-6-10-26-53/h8-9,11-12,14-18,20-21,23-24,34-36,40,43-45,51,65H,6-7,10,13,19,22,25-32,53H2,1-5H3,(H,54,63)(H,55,60)(H,56,64)(H,57,61)(H,58,62)/b23-15+,24-16-,33-14+/t34-,35-,36+,40+,43+,44-,45+,51+,52+/m0/s1. The van der Waals surface area contributed by atoms with Gasteiger partial charge in [0.05, 0.1) is 48.8 Å². The van der Waals surface area contributed by atoms with Gasteiger partial charge in [0, 0.05) is 44.5 Å². The molecule has 3 saturated heterocycles. The van der Waals surface area contributed by atoms with Gasteiger partial charge in [-0.15, -0.1) is 0 Å². The fourth-order valence-electron chi connectivity index (χ4n) is 8.59. The van der Waals surface area contributed by atoms with Crippen LogP contribution in [0.15, 0.2) is 89.4 Å². The molecule has 0 radical (unpaired) electrons. The minimum absolute atomic E-state index is 0.00104. The number of esters is 1. The Morgan fingerprint density at radius 2 is 1.65 bits per heavy atom. The summed E-state index contributed by atoms with van der Waals surface area (Å²) < 4.78 is 51.6. The molecule has 0 saturated carbocycles. The van der Waals surface area contributed by atoms with Crippen LogP contribution >= 0.6 is 0 Å². The minimum atomic E-state index is -4.22. The van der Waals surface area contributed by atoms with Crippen LogP contribution in [0.4, 0.5) is 5.69 Å². The van der Waals surface area contributed by atoms with E-state index in [1.54, 1.807) is 37.3 Å². The number of nitrogens with two attached hydrogens (primary N) is 1. The fourth-order valence-corrected chi connectivity index (χ4v) is 9.60. The number of para-hydroxylation sites is 1. The molecule has 2 aromatic rings. The summed E-state index contributed by atoms with van der Waals surface area (Å²) in [5.74, 6) is -2.30. The van der Waals surface area contributed by atoms with Crippen molar-refractivity contribution in [2.75, 3.05) is 25.0 Å². The highest BCUT2D eigenvalue weighted by atomic mass is 32.2. The van der Waals surface area contributed by atoms with Gasteiger partial charge in [0.1, 0.15) is 23.9 Å². The number of nitrogens with one attached hydrogen (secondary N) is 5. The molecule has 0 bridgehead atoms. The molecule has 9 atom stereocenters. The van der Waals surface area contributed by atoms with Gasteiger partial charge in [-0.3, -0.25) is 28.8 Å². The summed E-state index contributed by atoms with van der Waals surface area (Å²) in [6, 6.07) is 12.4. The maximum atomic E-state index is 13.1. The molecular weight excluding hydrogens is 949 g/mol. The maximum Gasteiger partial charge on any atom is 0.303 e. The van der Waals surface area contributed by atoms with Crippen LogP contribution in [0, 0.1) is 5.92 Å². The van der Waals surface area contributed by atoms with Crippen molar-refractivity contribution in [3.05, 3.63) is 95.6 Å². The predicted molar refractivity (Wildman–Crippen MR) is 268 cm³/mol. The fraction of sp³-hybridized carbons (Fsp3) is 0.538. The zero-order valence-electron chi connectivity index (χ0n) is 41.9. The number of anilines is 1. The number of epoxide rings is 1. The Kier molecular flexibility index (Phi) is 21.7. The third-order valence-corrected chi connectivity index (χ3v) is 14.2. The Balaban J connectivity index is 1.04. The van der Waals surface area contributed by atoms with Crippen molar-refractivity contribution < 1.29 is 61.2 Å². The number of rotatable bonds is 25.